The Morgan fingerprint density at radius 1 is 1.10 bits per heavy atom. The normalized spacial score (nSPS) is 17.1. The molecule has 1 atom stereocenters. The third-order valence-corrected chi connectivity index (χ3v) is 3.75. The lowest BCUT2D eigenvalue weighted by molar-refractivity contribution is 0.0849. The maximum atomic E-state index is 12.3. The summed E-state index contributed by atoms with van der Waals surface area (Å²) >= 11 is 0. The van der Waals surface area contributed by atoms with Crippen LogP contribution in [0.1, 0.15) is 39.6 Å². The molecule has 0 N–H and O–H groups in total. The third-order valence-electron chi connectivity index (χ3n) is 3.75. The number of Topliss-reactive ketones (excluding diaryl/α,β-unsaturated/α-hetero) is 1. The minimum absolute atomic E-state index is 0.114. The molecule has 1 aliphatic heterocycles. The van der Waals surface area contributed by atoms with Crippen LogP contribution in [0.4, 0.5) is 0 Å². The predicted molar refractivity (Wildman–Crippen MR) is 81.2 cm³/mol. The molecule has 2 aromatic rings. The van der Waals surface area contributed by atoms with Crippen LogP contribution in [0.25, 0.3) is 0 Å². The van der Waals surface area contributed by atoms with E-state index in [1.165, 1.54) is 11.1 Å². The Hall–Kier alpha value is -2.29. The molecule has 0 saturated heterocycles. The van der Waals surface area contributed by atoms with Crippen molar-refractivity contribution in [2.24, 2.45) is 0 Å². The Labute approximate surface area is 124 Å². The summed E-state index contributed by atoms with van der Waals surface area (Å²) in [6.45, 7) is 4.11. The van der Waals surface area contributed by atoms with Gasteiger partial charge in [-0.05, 0) is 31.5 Å². The van der Waals surface area contributed by atoms with Crippen molar-refractivity contribution in [3.05, 3.63) is 58.7 Å². The van der Waals surface area contributed by atoms with Gasteiger partial charge in [-0.3, -0.25) is 4.79 Å². The van der Waals surface area contributed by atoms with Crippen molar-refractivity contribution >= 4 is 5.78 Å². The van der Waals surface area contributed by atoms with Gasteiger partial charge in [-0.25, -0.2) is 0 Å². The van der Waals surface area contributed by atoms with Crippen molar-refractivity contribution in [1.82, 2.24) is 0 Å². The Balaban J connectivity index is 1.98. The van der Waals surface area contributed by atoms with Crippen LogP contribution in [-0.4, -0.2) is 12.9 Å². The van der Waals surface area contributed by atoms with Crippen LogP contribution in [0.3, 0.4) is 0 Å². The SMILES string of the molecule is COc1ccc2c(c1)OC(c1cc(C)cc(C)c1)CC2=O. The molecule has 1 aliphatic rings. The first-order chi connectivity index (χ1) is 10.1. The highest BCUT2D eigenvalue weighted by Crippen LogP contribution is 2.37. The lowest BCUT2D eigenvalue weighted by atomic mass is 9.94. The number of ketones is 1. The zero-order chi connectivity index (χ0) is 15.0. The second-order valence-electron chi connectivity index (χ2n) is 5.52. The van der Waals surface area contributed by atoms with Crippen LogP contribution in [0.2, 0.25) is 0 Å². The molecule has 0 amide bonds. The third kappa shape index (κ3) is 2.64. The molecule has 0 aliphatic carbocycles. The molecule has 1 heterocycles. The summed E-state index contributed by atoms with van der Waals surface area (Å²) in [4.78, 5) is 12.3. The molecule has 21 heavy (non-hydrogen) atoms. The Bertz CT molecular complexity index is 683. The van der Waals surface area contributed by atoms with Gasteiger partial charge in [0.1, 0.15) is 17.6 Å². The van der Waals surface area contributed by atoms with Gasteiger partial charge in [-0.15, -0.1) is 0 Å². The van der Waals surface area contributed by atoms with E-state index < -0.39 is 0 Å². The van der Waals surface area contributed by atoms with Crippen molar-refractivity contribution in [3.8, 4) is 11.5 Å². The van der Waals surface area contributed by atoms with E-state index in [2.05, 4.69) is 32.0 Å². The number of benzene rings is 2. The number of aryl methyl sites for hydroxylation is 2. The smallest absolute Gasteiger partial charge is 0.170 e. The number of methoxy groups -OCH3 is 1. The summed E-state index contributed by atoms with van der Waals surface area (Å²) in [5.74, 6) is 1.42. The van der Waals surface area contributed by atoms with Gasteiger partial charge in [0, 0.05) is 6.07 Å². The largest absolute Gasteiger partial charge is 0.497 e. The lowest BCUT2D eigenvalue weighted by Crippen LogP contribution is -2.20. The zero-order valence-corrected chi connectivity index (χ0v) is 12.5. The summed E-state index contributed by atoms with van der Waals surface area (Å²) in [5.41, 5.74) is 4.04. The number of rotatable bonds is 2. The molecule has 0 aromatic heterocycles. The van der Waals surface area contributed by atoms with Gasteiger partial charge >= 0.3 is 0 Å². The van der Waals surface area contributed by atoms with E-state index in [-0.39, 0.29) is 11.9 Å². The fraction of sp³-hybridized carbons (Fsp3) is 0.278. The maximum absolute atomic E-state index is 12.3. The number of fused-ring (bicyclic) bond motifs is 1. The summed E-state index contributed by atoms with van der Waals surface area (Å²) in [7, 11) is 1.60. The molecular weight excluding hydrogens is 264 g/mol. The Morgan fingerprint density at radius 2 is 1.81 bits per heavy atom. The van der Waals surface area contributed by atoms with Crippen LogP contribution >= 0.6 is 0 Å². The van der Waals surface area contributed by atoms with E-state index in [0.29, 0.717) is 23.5 Å². The molecule has 1 unspecified atom stereocenters. The molecule has 0 saturated carbocycles. The van der Waals surface area contributed by atoms with E-state index >= 15 is 0 Å². The monoisotopic (exact) mass is 282 g/mol. The molecular formula is C18H18O3. The standard InChI is InChI=1S/C18H18O3/c1-11-6-12(2)8-13(7-11)17-10-16(19)15-5-4-14(20-3)9-18(15)21-17/h4-9,17H,10H2,1-3H3. The summed E-state index contributed by atoms with van der Waals surface area (Å²) in [5, 5.41) is 0. The Kier molecular flexibility index (Phi) is 3.42. The number of hydrogen-bond donors (Lipinski definition) is 0. The molecule has 3 heteroatoms. The van der Waals surface area contributed by atoms with Gasteiger partial charge in [0.05, 0.1) is 19.1 Å². The van der Waals surface area contributed by atoms with Gasteiger partial charge in [-0.2, -0.15) is 0 Å². The quantitative estimate of drug-likeness (QED) is 0.834. The highest BCUT2D eigenvalue weighted by molar-refractivity contribution is 6.00. The van der Waals surface area contributed by atoms with Crippen molar-refractivity contribution < 1.29 is 14.3 Å². The average Bonchev–Trinajstić information content (AvgIpc) is 2.45. The topological polar surface area (TPSA) is 35.5 Å². The van der Waals surface area contributed by atoms with Gasteiger partial charge in [-0.1, -0.05) is 29.3 Å². The van der Waals surface area contributed by atoms with Crippen molar-refractivity contribution in [3.63, 3.8) is 0 Å². The highest BCUT2D eigenvalue weighted by Gasteiger charge is 2.28. The second-order valence-corrected chi connectivity index (χ2v) is 5.52. The minimum Gasteiger partial charge on any atom is -0.497 e. The van der Waals surface area contributed by atoms with Gasteiger partial charge in [0.25, 0.3) is 0 Å². The fourth-order valence-electron chi connectivity index (χ4n) is 2.81. The maximum Gasteiger partial charge on any atom is 0.170 e. The van der Waals surface area contributed by atoms with Crippen LogP contribution in [0.15, 0.2) is 36.4 Å². The van der Waals surface area contributed by atoms with E-state index in [9.17, 15) is 4.79 Å². The van der Waals surface area contributed by atoms with Crippen molar-refractivity contribution in [2.45, 2.75) is 26.4 Å². The van der Waals surface area contributed by atoms with Crippen LogP contribution in [0, 0.1) is 13.8 Å². The van der Waals surface area contributed by atoms with Crippen molar-refractivity contribution in [1.29, 1.82) is 0 Å². The van der Waals surface area contributed by atoms with E-state index in [0.717, 1.165) is 5.56 Å². The summed E-state index contributed by atoms with van der Waals surface area (Å²) in [6, 6.07) is 11.6. The molecule has 3 rings (SSSR count). The van der Waals surface area contributed by atoms with Crippen molar-refractivity contribution in [2.75, 3.05) is 7.11 Å². The van der Waals surface area contributed by atoms with E-state index in [1.807, 2.05) is 0 Å². The van der Waals surface area contributed by atoms with Crippen LogP contribution in [-0.2, 0) is 0 Å². The summed E-state index contributed by atoms with van der Waals surface area (Å²) < 4.78 is 11.2. The molecule has 0 fully saturated rings. The van der Waals surface area contributed by atoms with Crippen LogP contribution < -0.4 is 9.47 Å². The number of carbonyl (C=O) groups excluding carboxylic acids is 1. The summed E-state index contributed by atoms with van der Waals surface area (Å²) in [6.07, 6.45) is 0.151. The molecule has 3 nitrogen and oxygen atoms in total. The lowest BCUT2D eigenvalue weighted by Gasteiger charge is -2.26. The van der Waals surface area contributed by atoms with Crippen LogP contribution in [0.5, 0.6) is 11.5 Å². The highest BCUT2D eigenvalue weighted by atomic mass is 16.5. The second kappa shape index (κ2) is 5.24. The molecule has 0 radical (unpaired) electrons. The first kappa shape index (κ1) is 13.7. The predicted octanol–water partition coefficient (Wildman–Crippen LogP) is 4.02. The van der Waals surface area contributed by atoms with Gasteiger partial charge < -0.3 is 9.47 Å². The Morgan fingerprint density at radius 3 is 2.48 bits per heavy atom. The number of carbonyl (C=O) groups is 1. The van der Waals surface area contributed by atoms with Gasteiger partial charge in [0.2, 0.25) is 0 Å². The van der Waals surface area contributed by atoms with Gasteiger partial charge in [0.15, 0.2) is 5.78 Å². The number of ether oxygens (including phenoxy) is 2. The molecule has 108 valence electrons. The average molecular weight is 282 g/mol. The molecule has 2 aromatic carbocycles. The zero-order valence-electron chi connectivity index (χ0n) is 12.5. The van der Waals surface area contributed by atoms with E-state index in [1.54, 1.807) is 25.3 Å². The van der Waals surface area contributed by atoms with E-state index in [4.69, 9.17) is 9.47 Å². The minimum atomic E-state index is -0.226. The number of hydrogen-bond acceptors (Lipinski definition) is 3. The first-order valence-electron chi connectivity index (χ1n) is 7.03. The molecule has 0 spiro atoms. The fourth-order valence-corrected chi connectivity index (χ4v) is 2.81. The first-order valence-corrected chi connectivity index (χ1v) is 7.03. The molecule has 0 bridgehead atoms.